The third-order valence-corrected chi connectivity index (χ3v) is 3.83. The van der Waals surface area contributed by atoms with Gasteiger partial charge in [-0.2, -0.15) is 15.3 Å². The van der Waals surface area contributed by atoms with E-state index in [2.05, 4.69) is 20.6 Å². The Hall–Kier alpha value is -3.50. The second kappa shape index (κ2) is 6.78. The number of aromatic nitrogens is 6. The molecule has 3 aromatic rings. The van der Waals surface area contributed by atoms with Crippen molar-refractivity contribution in [2.75, 3.05) is 5.32 Å². The second-order valence-corrected chi connectivity index (χ2v) is 5.75. The van der Waals surface area contributed by atoms with Crippen LogP contribution in [0.5, 0.6) is 0 Å². The van der Waals surface area contributed by atoms with E-state index in [4.69, 9.17) is 0 Å². The van der Waals surface area contributed by atoms with Gasteiger partial charge in [-0.3, -0.25) is 29.0 Å². The number of hydrogen-bond donors (Lipinski definition) is 1. The molecule has 1 N–H and O–H groups in total. The SMILES string of the molecule is CCn1cc(Cn2cc(NC(=O)c3c([N+](=O)[O-])c(C)nn3C)cn2)cn1. The van der Waals surface area contributed by atoms with Crippen LogP contribution in [-0.2, 0) is 20.1 Å². The molecule has 0 bridgehead atoms. The van der Waals surface area contributed by atoms with Crippen molar-refractivity contribution in [2.45, 2.75) is 26.9 Å². The predicted octanol–water partition coefficient (Wildman–Crippen LogP) is 1.35. The van der Waals surface area contributed by atoms with E-state index in [0.717, 1.165) is 12.1 Å². The molecule has 0 unspecified atom stereocenters. The molecular formula is C15H18N8O3. The van der Waals surface area contributed by atoms with Crippen molar-refractivity contribution in [2.24, 2.45) is 7.05 Å². The Bertz CT molecular complexity index is 968. The van der Waals surface area contributed by atoms with Gasteiger partial charge in [0.25, 0.3) is 5.91 Å². The van der Waals surface area contributed by atoms with E-state index in [-0.39, 0.29) is 17.1 Å². The molecule has 26 heavy (non-hydrogen) atoms. The van der Waals surface area contributed by atoms with Gasteiger partial charge in [0.15, 0.2) is 0 Å². The molecule has 0 aliphatic carbocycles. The highest BCUT2D eigenvalue weighted by Crippen LogP contribution is 2.23. The molecular weight excluding hydrogens is 340 g/mol. The van der Waals surface area contributed by atoms with Gasteiger partial charge in [-0.25, -0.2) is 0 Å². The highest BCUT2D eigenvalue weighted by Gasteiger charge is 2.29. The summed E-state index contributed by atoms with van der Waals surface area (Å²) in [6, 6.07) is 0. The van der Waals surface area contributed by atoms with E-state index in [0.29, 0.717) is 12.2 Å². The topological polar surface area (TPSA) is 126 Å². The fraction of sp³-hybridized carbons (Fsp3) is 0.333. The maximum atomic E-state index is 12.5. The van der Waals surface area contributed by atoms with Crippen molar-refractivity contribution in [3.05, 3.63) is 51.9 Å². The summed E-state index contributed by atoms with van der Waals surface area (Å²) in [5, 5.41) is 26.2. The van der Waals surface area contributed by atoms with Gasteiger partial charge in [0.05, 0.1) is 29.5 Å². The van der Waals surface area contributed by atoms with E-state index >= 15 is 0 Å². The number of nitrogens with one attached hydrogen (secondary N) is 1. The van der Waals surface area contributed by atoms with Crippen LogP contribution in [0.4, 0.5) is 11.4 Å². The maximum absolute atomic E-state index is 12.5. The van der Waals surface area contributed by atoms with E-state index in [1.807, 2.05) is 17.8 Å². The van der Waals surface area contributed by atoms with Crippen molar-refractivity contribution in [3.63, 3.8) is 0 Å². The zero-order valence-corrected chi connectivity index (χ0v) is 14.6. The summed E-state index contributed by atoms with van der Waals surface area (Å²) in [5.74, 6) is -0.613. The molecule has 0 fully saturated rings. The van der Waals surface area contributed by atoms with E-state index < -0.39 is 10.8 Å². The van der Waals surface area contributed by atoms with Gasteiger partial charge >= 0.3 is 5.69 Å². The van der Waals surface area contributed by atoms with Crippen LogP contribution in [0.3, 0.4) is 0 Å². The quantitative estimate of drug-likeness (QED) is 0.523. The molecule has 0 aromatic carbocycles. The lowest BCUT2D eigenvalue weighted by Gasteiger charge is -2.02. The van der Waals surface area contributed by atoms with Gasteiger partial charge in [0.2, 0.25) is 5.69 Å². The van der Waals surface area contributed by atoms with Gasteiger partial charge in [-0.15, -0.1) is 0 Å². The summed E-state index contributed by atoms with van der Waals surface area (Å²) in [4.78, 5) is 23.0. The Morgan fingerprint density at radius 3 is 2.65 bits per heavy atom. The molecule has 3 rings (SSSR count). The number of nitrogens with zero attached hydrogens (tertiary/aromatic N) is 7. The second-order valence-electron chi connectivity index (χ2n) is 5.75. The largest absolute Gasteiger partial charge is 0.322 e. The van der Waals surface area contributed by atoms with Gasteiger partial charge in [0, 0.05) is 31.5 Å². The van der Waals surface area contributed by atoms with Crippen LogP contribution < -0.4 is 5.32 Å². The Morgan fingerprint density at radius 2 is 2.00 bits per heavy atom. The monoisotopic (exact) mass is 358 g/mol. The molecule has 11 heteroatoms. The molecule has 0 radical (unpaired) electrons. The lowest BCUT2D eigenvalue weighted by Crippen LogP contribution is -2.17. The lowest BCUT2D eigenvalue weighted by atomic mass is 10.3. The van der Waals surface area contributed by atoms with Crippen LogP contribution in [0, 0.1) is 17.0 Å². The van der Waals surface area contributed by atoms with Crippen molar-refractivity contribution in [1.82, 2.24) is 29.3 Å². The minimum absolute atomic E-state index is 0.107. The maximum Gasteiger partial charge on any atom is 0.322 e. The molecule has 0 saturated heterocycles. The average Bonchev–Trinajstić information content (AvgIpc) is 3.27. The first-order valence-corrected chi connectivity index (χ1v) is 7.92. The Morgan fingerprint density at radius 1 is 1.27 bits per heavy atom. The van der Waals surface area contributed by atoms with E-state index in [1.54, 1.807) is 17.1 Å². The molecule has 11 nitrogen and oxygen atoms in total. The highest BCUT2D eigenvalue weighted by molar-refractivity contribution is 6.05. The molecule has 1 amide bonds. The summed E-state index contributed by atoms with van der Waals surface area (Å²) >= 11 is 0. The molecule has 136 valence electrons. The fourth-order valence-electron chi connectivity index (χ4n) is 2.67. The van der Waals surface area contributed by atoms with Gasteiger partial charge < -0.3 is 5.32 Å². The number of anilines is 1. The number of carbonyl (C=O) groups is 1. The van der Waals surface area contributed by atoms with Crippen molar-refractivity contribution in [1.29, 1.82) is 0 Å². The zero-order valence-electron chi connectivity index (χ0n) is 14.6. The number of rotatable bonds is 6. The normalized spacial score (nSPS) is 10.9. The number of aryl methyl sites for hydroxylation is 3. The number of carbonyl (C=O) groups excluding carboxylic acids is 1. The van der Waals surface area contributed by atoms with Gasteiger partial charge in [-0.05, 0) is 13.8 Å². The molecule has 3 aromatic heterocycles. The molecule has 0 aliphatic heterocycles. The first-order valence-electron chi connectivity index (χ1n) is 7.92. The summed E-state index contributed by atoms with van der Waals surface area (Å²) in [7, 11) is 1.49. The number of nitro groups is 1. The summed E-state index contributed by atoms with van der Waals surface area (Å²) in [5.41, 5.74) is 1.19. The first kappa shape index (κ1) is 17.3. The Labute approximate surface area is 148 Å². The fourth-order valence-corrected chi connectivity index (χ4v) is 2.67. The number of amides is 1. The zero-order chi connectivity index (χ0) is 18.8. The van der Waals surface area contributed by atoms with Crippen LogP contribution in [0.2, 0.25) is 0 Å². The first-order chi connectivity index (χ1) is 12.4. The van der Waals surface area contributed by atoms with Crippen LogP contribution >= 0.6 is 0 Å². The Kier molecular flexibility index (Phi) is 4.52. The Balaban J connectivity index is 1.75. The van der Waals surface area contributed by atoms with Crippen LogP contribution in [-0.4, -0.2) is 40.2 Å². The van der Waals surface area contributed by atoms with Crippen molar-refractivity contribution < 1.29 is 9.72 Å². The third kappa shape index (κ3) is 3.31. The molecule has 0 spiro atoms. The minimum Gasteiger partial charge on any atom is -0.318 e. The predicted molar refractivity (Wildman–Crippen MR) is 91.8 cm³/mol. The minimum atomic E-state index is -0.613. The summed E-state index contributed by atoms with van der Waals surface area (Å²) in [6.45, 7) is 4.77. The molecule has 0 aliphatic rings. The average molecular weight is 358 g/mol. The third-order valence-electron chi connectivity index (χ3n) is 3.83. The van der Waals surface area contributed by atoms with Crippen LogP contribution in [0.1, 0.15) is 28.7 Å². The van der Waals surface area contributed by atoms with Crippen molar-refractivity contribution >= 4 is 17.3 Å². The van der Waals surface area contributed by atoms with E-state index in [1.165, 1.54) is 24.9 Å². The van der Waals surface area contributed by atoms with E-state index in [9.17, 15) is 14.9 Å². The summed E-state index contributed by atoms with van der Waals surface area (Å²) < 4.78 is 4.66. The number of hydrogen-bond acceptors (Lipinski definition) is 6. The van der Waals surface area contributed by atoms with Gasteiger partial charge in [0.1, 0.15) is 5.69 Å². The smallest absolute Gasteiger partial charge is 0.318 e. The molecule has 3 heterocycles. The summed E-state index contributed by atoms with van der Waals surface area (Å²) in [6.07, 6.45) is 6.81. The highest BCUT2D eigenvalue weighted by atomic mass is 16.6. The lowest BCUT2D eigenvalue weighted by molar-refractivity contribution is -0.385. The van der Waals surface area contributed by atoms with Crippen LogP contribution in [0.15, 0.2) is 24.8 Å². The molecule has 0 atom stereocenters. The van der Waals surface area contributed by atoms with Crippen molar-refractivity contribution in [3.8, 4) is 0 Å². The standard InChI is InChI=1S/C15H18N8O3/c1-4-21-7-11(5-16-21)8-22-9-12(6-17-22)18-15(24)14-13(23(25)26)10(2)19-20(14)3/h5-7,9H,4,8H2,1-3H3,(H,18,24). The van der Waals surface area contributed by atoms with Gasteiger partial charge in [-0.1, -0.05) is 0 Å². The molecule has 0 saturated carbocycles. The van der Waals surface area contributed by atoms with Crippen LogP contribution in [0.25, 0.3) is 0 Å².